The summed E-state index contributed by atoms with van der Waals surface area (Å²) in [6.07, 6.45) is 74.6. The number of carbonyl (C=O) groups is 3. The lowest BCUT2D eigenvalue weighted by Gasteiger charge is -2.18. The van der Waals surface area contributed by atoms with Gasteiger partial charge in [0.15, 0.2) is 6.10 Å². The van der Waals surface area contributed by atoms with E-state index >= 15 is 0 Å². The summed E-state index contributed by atoms with van der Waals surface area (Å²) >= 11 is 0. The molecule has 0 bridgehead atoms. The highest BCUT2D eigenvalue weighted by atomic mass is 16.6. The van der Waals surface area contributed by atoms with Gasteiger partial charge in [-0.2, -0.15) is 0 Å². The van der Waals surface area contributed by atoms with Gasteiger partial charge in [0.25, 0.3) is 0 Å². The van der Waals surface area contributed by atoms with E-state index in [2.05, 4.69) is 93.7 Å². The Hall–Kier alpha value is -3.15. The molecule has 70 heavy (non-hydrogen) atoms. The van der Waals surface area contributed by atoms with Gasteiger partial charge in [0, 0.05) is 19.3 Å². The molecule has 0 aromatic carbocycles. The summed E-state index contributed by atoms with van der Waals surface area (Å²) < 4.78 is 16.9. The minimum Gasteiger partial charge on any atom is -0.462 e. The first-order chi connectivity index (χ1) is 34.5. The van der Waals surface area contributed by atoms with Gasteiger partial charge < -0.3 is 14.2 Å². The summed E-state index contributed by atoms with van der Waals surface area (Å²) in [6, 6.07) is 0. The molecular weight excluding hydrogens is 865 g/mol. The van der Waals surface area contributed by atoms with Crippen LogP contribution in [0.1, 0.15) is 297 Å². The zero-order valence-electron chi connectivity index (χ0n) is 46.3. The molecule has 0 aliphatic heterocycles. The minimum atomic E-state index is -0.780. The zero-order chi connectivity index (χ0) is 50.7. The molecule has 0 rings (SSSR count). The average molecular weight is 978 g/mol. The van der Waals surface area contributed by atoms with Crippen LogP contribution in [-0.2, 0) is 28.6 Å². The fourth-order valence-electron chi connectivity index (χ4n) is 8.47. The largest absolute Gasteiger partial charge is 0.462 e. The highest BCUT2D eigenvalue weighted by Gasteiger charge is 2.19. The summed E-state index contributed by atoms with van der Waals surface area (Å²) in [5, 5.41) is 0. The fraction of sp³-hybridized carbons (Fsp3) is 0.766. The number of rotatable bonds is 54. The highest BCUT2D eigenvalue weighted by Crippen LogP contribution is 2.16. The summed E-state index contributed by atoms with van der Waals surface area (Å²) in [6.45, 7) is 6.52. The second-order valence-corrected chi connectivity index (χ2v) is 19.9. The summed E-state index contributed by atoms with van der Waals surface area (Å²) in [5.74, 6) is -0.878. The topological polar surface area (TPSA) is 78.9 Å². The lowest BCUT2D eigenvalue weighted by Crippen LogP contribution is -2.30. The van der Waals surface area contributed by atoms with E-state index in [1.54, 1.807) is 0 Å². The molecule has 0 saturated carbocycles. The van der Waals surface area contributed by atoms with E-state index in [-0.39, 0.29) is 31.1 Å². The van der Waals surface area contributed by atoms with Crippen LogP contribution in [0.4, 0.5) is 0 Å². The zero-order valence-corrected chi connectivity index (χ0v) is 46.3. The summed E-state index contributed by atoms with van der Waals surface area (Å²) in [4.78, 5) is 38.2. The van der Waals surface area contributed by atoms with E-state index < -0.39 is 6.10 Å². The second kappa shape index (κ2) is 58.4. The first-order valence-electron chi connectivity index (χ1n) is 29.9. The fourth-order valence-corrected chi connectivity index (χ4v) is 8.47. The molecule has 1 atom stereocenters. The van der Waals surface area contributed by atoms with E-state index in [0.717, 1.165) is 96.3 Å². The third kappa shape index (κ3) is 55.8. The van der Waals surface area contributed by atoms with Crippen molar-refractivity contribution in [3.63, 3.8) is 0 Å². The van der Waals surface area contributed by atoms with Crippen LogP contribution in [0.5, 0.6) is 0 Å². The SMILES string of the molecule is CC/C=C\C/C=C\C/C=C\C/C=C\CCCCCCCCCCC(=O)OCC(COC(=O)CCCCCCCCCCCCCC)OC(=O)CCCCCCCCCCC/C=C\C/C=C\CCCCC. The van der Waals surface area contributed by atoms with Gasteiger partial charge in [0.1, 0.15) is 13.2 Å². The van der Waals surface area contributed by atoms with Gasteiger partial charge in [-0.15, -0.1) is 0 Å². The minimum absolute atomic E-state index is 0.0770. The predicted molar refractivity (Wildman–Crippen MR) is 302 cm³/mol. The van der Waals surface area contributed by atoms with Crippen molar-refractivity contribution in [3.05, 3.63) is 72.9 Å². The van der Waals surface area contributed by atoms with E-state index in [9.17, 15) is 14.4 Å². The molecule has 0 aromatic heterocycles. The number of carbonyl (C=O) groups excluding carboxylic acids is 3. The first kappa shape index (κ1) is 66.9. The third-order valence-electron chi connectivity index (χ3n) is 12.9. The summed E-state index contributed by atoms with van der Waals surface area (Å²) in [5.41, 5.74) is 0. The molecule has 0 saturated heterocycles. The van der Waals surface area contributed by atoms with Crippen LogP contribution >= 0.6 is 0 Å². The quantitative estimate of drug-likeness (QED) is 0.0261. The van der Waals surface area contributed by atoms with Gasteiger partial charge in [-0.25, -0.2) is 0 Å². The number of ether oxygens (including phenoxy) is 3. The van der Waals surface area contributed by atoms with Crippen molar-refractivity contribution in [3.8, 4) is 0 Å². The molecule has 404 valence electrons. The molecule has 0 N–H and O–H groups in total. The average Bonchev–Trinajstić information content (AvgIpc) is 3.36. The van der Waals surface area contributed by atoms with E-state index in [0.29, 0.717) is 19.3 Å². The Morgan fingerprint density at radius 1 is 0.300 bits per heavy atom. The number of esters is 3. The monoisotopic (exact) mass is 977 g/mol. The van der Waals surface area contributed by atoms with Gasteiger partial charge in [-0.3, -0.25) is 14.4 Å². The van der Waals surface area contributed by atoms with Crippen LogP contribution < -0.4 is 0 Å². The smallest absolute Gasteiger partial charge is 0.306 e. The van der Waals surface area contributed by atoms with Crippen molar-refractivity contribution in [2.24, 2.45) is 0 Å². The number of allylic oxidation sites excluding steroid dienone is 12. The van der Waals surface area contributed by atoms with Crippen molar-refractivity contribution < 1.29 is 28.6 Å². The molecule has 0 fully saturated rings. The van der Waals surface area contributed by atoms with Crippen molar-refractivity contribution >= 4 is 17.9 Å². The van der Waals surface area contributed by atoms with Crippen molar-refractivity contribution in [1.82, 2.24) is 0 Å². The van der Waals surface area contributed by atoms with Crippen LogP contribution in [0, 0.1) is 0 Å². The van der Waals surface area contributed by atoms with Crippen molar-refractivity contribution in [2.45, 2.75) is 303 Å². The van der Waals surface area contributed by atoms with Gasteiger partial charge in [-0.1, -0.05) is 261 Å². The predicted octanol–water partition coefficient (Wildman–Crippen LogP) is 20.2. The standard InChI is InChI=1S/C64H112O6/c1-4-7-10-13-16-19-22-25-27-29-31-32-34-35-37-39-42-45-48-51-54-57-63(66)69-60-61(59-68-62(65)56-53-50-47-44-41-24-21-18-15-12-9-6-3)70-64(67)58-55-52-49-46-43-40-38-36-33-30-28-26-23-20-17-14-11-8-5-2/h7,10,16-17,19-20,25-28,31-32,61H,4-6,8-9,11-15,18,21-24,29-30,33-60H2,1-3H3/b10-7-,19-16-,20-17-,27-25-,28-26-,32-31-. The molecule has 0 aliphatic carbocycles. The Morgan fingerprint density at radius 2 is 0.557 bits per heavy atom. The van der Waals surface area contributed by atoms with Gasteiger partial charge >= 0.3 is 17.9 Å². The van der Waals surface area contributed by atoms with E-state index in [1.807, 2.05) is 0 Å². The van der Waals surface area contributed by atoms with Gasteiger partial charge in [0.2, 0.25) is 0 Å². The summed E-state index contributed by atoms with van der Waals surface area (Å²) in [7, 11) is 0. The molecule has 0 aromatic rings. The number of hydrogen-bond donors (Lipinski definition) is 0. The maximum atomic E-state index is 12.9. The van der Waals surface area contributed by atoms with Crippen LogP contribution in [0.2, 0.25) is 0 Å². The molecule has 1 unspecified atom stereocenters. The van der Waals surface area contributed by atoms with E-state index in [4.69, 9.17) is 14.2 Å². The van der Waals surface area contributed by atoms with E-state index in [1.165, 1.54) is 161 Å². The molecule has 0 heterocycles. The second-order valence-electron chi connectivity index (χ2n) is 19.9. The Balaban J connectivity index is 4.34. The molecule has 6 heteroatoms. The third-order valence-corrected chi connectivity index (χ3v) is 12.9. The first-order valence-corrected chi connectivity index (χ1v) is 29.9. The molecule has 6 nitrogen and oxygen atoms in total. The molecule has 0 amide bonds. The Morgan fingerprint density at radius 3 is 0.900 bits per heavy atom. The molecular formula is C64H112O6. The molecule has 0 radical (unpaired) electrons. The Bertz CT molecular complexity index is 1310. The van der Waals surface area contributed by atoms with Gasteiger partial charge in [-0.05, 0) is 89.9 Å². The van der Waals surface area contributed by atoms with Crippen LogP contribution in [0.3, 0.4) is 0 Å². The lowest BCUT2D eigenvalue weighted by molar-refractivity contribution is -0.167. The van der Waals surface area contributed by atoms with Crippen molar-refractivity contribution in [1.29, 1.82) is 0 Å². The normalized spacial score (nSPS) is 12.6. The lowest BCUT2D eigenvalue weighted by atomic mass is 10.0. The molecule has 0 spiro atoms. The number of unbranched alkanes of at least 4 members (excludes halogenated alkanes) is 31. The van der Waals surface area contributed by atoms with Crippen LogP contribution in [-0.4, -0.2) is 37.2 Å². The molecule has 0 aliphatic rings. The Kier molecular flexibility index (Phi) is 55.8. The van der Waals surface area contributed by atoms with Gasteiger partial charge in [0.05, 0.1) is 0 Å². The maximum Gasteiger partial charge on any atom is 0.306 e. The van der Waals surface area contributed by atoms with Crippen LogP contribution in [0.15, 0.2) is 72.9 Å². The highest BCUT2D eigenvalue weighted by molar-refractivity contribution is 5.71. The number of hydrogen-bond acceptors (Lipinski definition) is 6. The Labute approximate surface area is 433 Å². The van der Waals surface area contributed by atoms with Crippen molar-refractivity contribution in [2.75, 3.05) is 13.2 Å². The maximum absolute atomic E-state index is 12.9. The van der Waals surface area contributed by atoms with Crippen LogP contribution in [0.25, 0.3) is 0 Å².